The lowest BCUT2D eigenvalue weighted by molar-refractivity contribution is -0.125. The molecule has 1 aliphatic rings. The van der Waals surface area contributed by atoms with Crippen molar-refractivity contribution in [3.8, 4) is 0 Å². The second kappa shape index (κ2) is 7.96. The fourth-order valence-corrected chi connectivity index (χ4v) is 4.51. The van der Waals surface area contributed by atoms with Crippen LogP contribution in [0.3, 0.4) is 0 Å². The fourth-order valence-electron chi connectivity index (χ4n) is 3.02. The molecule has 1 saturated heterocycles. The van der Waals surface area contributed by atoms with Crippen molar-refractivity contribution >= 4 is 15.9 Å². The number of aromatic nitrogens is 3. The number of nitrogens with zero attached hydrogens (tertiary/aromatic N) is 4. The van der Waals surface area contributed by atoms with Gasteiger partial charge in [-0.2, -0.15) is 9.40 Å². The molecule has 3 rings (SSSR count). The summed E-state index contributed by atoms with van der Waals surface area (Å²) < 4.78 is 28.4. The van der Waals surface area contributed by atoms with Gasteiger partial charge in [-0.15, -0.1) is 0 Å². The highest BCUT2D eigenvalue weighted by molar-refractivity contribution is 7.89. The topological polar surface area (TPSA) is 97.2 Å². The van der Waals surface area contributed by atoms with Gasteiger partial charge in [-0.05, 0) is 25.0 Å². The van der Waals surface area contributed by atoms with Crippen LogP contribution in [-0.4, -0.2) is 52.5 Å². The molecule has 1 fully saturated rings. The minimum absolute atomic E-state index is 0.0112. The Labute approximate surface area is 153 Å². The van der Waals surface area contributed by atoms with Gasteiger partial charge in [0.25, 0.3) is 0 Å². The van der Waals surface area contributed by atoms with E-state index >= 15 is 0 Å². The van der Waals surface area contributed by atoms with Crippen LogP contribution in [0.4, 0.5) is 0 Å². The molecular formula is C17H23N5O3S. The molecule has 1 aliphatic heterocycles. The summed E-state index contributed by atoms with van der Waals surface area (Å²) in [6.07, 6.45) is 4.23. The average Bonchev–Trinajstić information content (AvgIpc) is 3.16. The first-order chi connectivity index (χ1) is 12.5. The molecule has 9 heteroatoms. The number of benzene rings is 1. The molecule has 2 aromatic rings. The molecule has 0 saturated carbocycles. The van der Waals surface area contributed by atoms with E-state index < -0.39 is 10.0 Å². The zero-order chi connectivity index (χ0) is 18.6. The van der Waals surface area contributed by atoms with Crippen molar-refractivity contribution in [1.82, 2.24) is 24.4 Å². The molecule has 1 aromatic heterocycles. The molecule has 8 nitrogen and oxygen atoms in total. The summed E-state index contributed by atoms with van der Waals surface area (Å²) in [5.41, 5.74) is 0. The molecule has 0 unspecified atom stereocenters. The van der Waals surface area contributed by atoms with Crippen LogP contribution in [0.1, 0.15) is 19.8 Å². The van der Waals surface area contributed by atoms with Crippen molar-refractivity contribution in [1.29, 1.82) is 0 Å². The molecule has 26 heavy (non-hydrogen) atoms. The number of sulfonamides is 1. The first-order valence-corrected chi connectivity index (χ1v) is 10.1. The monoisotopic (exact) mass is 377 g/mol. The lowest BCUT2D eigenvalue weighted by Gasteiger charge is -2.32. The maximum atomic E-state index is 12.6. The van der Waals surface area contributed by atoms with E-state index in [1.54, 1.807) is 41.3 Å². The van der Waals surface area contributed by atoms with E-state index in [1.165, 1.54) is 10.6 Å². The van der Waals surface area contributed by atoms with Gasteiger partial charge < -0.3 is 5.32 Å². The summed E-state index contributed by atoms with van der Waals surface area (Å²) in [4.78, 5) is 16.5. The van der Waals surface area contributed by atoms with Crippen molar-refractivity contribution in [3.63, 3.8) is 0 Å². The number of hydrogen-bond donors (Lipinski definition) is 1. The zero-order valence-corrected chi connectivity index (χ0v) is 15.5. The summed E-state index contributed by atoms with van der Waals surface area (Å²) >= 11 is 0. The maximum absolute atomic E-state index is 12.6. The van der Waals surface area contributed by atoms with Crippen LogP contribution >= 0.6 is 0 Å². The van der Waals surface area contributed by atoms with E-state index in [0.29, 0.717) is 37.4 Å². The lowest BCUT2D eigenvalue weighted by Crippen LogP contribution is -2.47. The number of carbonyl (C=O) groups is 1. The van der Waals surface area contributed by atoms with Crippen LogP contribution < -0.4 is 5.32 Å². The van der Waals surface area contributed by atoms with Crippen LogP contribution in [-0.2, 0) is 21.4 Å². The molecule has 0 bridgehead atoms. The molecule has 1 aromatic carbocycles. The van der Waals surface area contributed by atoms with Gasteiger partial charge in [-0.3, -0.25) is 9.48 Å². The van der Waals surface area contributed by atoms with Crippen molar-refractivity contribution in [2.75, 3.05) is 13.1 Å². The van der Waals surface area contributed by atoms with E-state index in [1.807, 2.05) is 6.92 Å². The summed E-state index contributed by atoms with van der Waals surface area (Å²) in [5, 5.41) is 7.02. The van der Waals surface area contributed by atoms with E-state index in [9.17, 15) is 13.2 Å². The highest BCUT2D eigenvalue weighted by Gasteiger charge is 2.30. The summed E-state index contributed by atoms with van der Waals surface area (Å²) in [7, 11) is -3.46. The van der Waals surface area contributed by atoms with E-state index in [4.69, 9.17) is 0 Å². The molecule has 0 radical (unpaired) electrons. The van der Waals surface area contributed by atoms with Crippen LogP contribution in [0.2, 0.25) is 0 Å². The van der Waals surface area contributed by atoms with Crippen LogP contribution in [0, 0.1) is 5.92 Å². The Morgan fingerprint density at radius 2 is 1.96 bits per heavy atom. The second-order valence-corrected chi connectivity index (χ2v) is 8.46. The largest absolute Gasteiger partial charge is 0.353 e. The highest BCUT2D eigenvalue weighted by atomic mass is 32.2. The molecule has 1 amide bonds. The molecule has 2 heterocycles. The Morgan fingerprint density at radius 3 is 2.58 bits per heavy atom. The van der Waals surface area contributed by atoms with Gasteiger partial charge in [0.2, 0.25) is 15.9 Å². The van der Waals surface area contributed by atoms with Crippen molar-refractivity contribution in [2.24, 2.45) is 5.92 Å². The first kappa shape index (κ1) is 18.5. The zero-order valence-electron chi connectivity index (χ0n) is 14.7. The molecule has 140 valence electrons. The van der Waals surface area contributed by atoms with Gasteiger partial charge >= 0.3 is 0 Å². The quantitative estimate of drug-likeness (QED) is 0.806. The van der Waals surface area contributed by atoms with Crippen molar-refractivity contribution in [3.05, 3.63) is 43.0 Å². The lowest BCUT2D eigenvalue weighted by atomic mass is 10.0. The van der Waals surface area contributed by atoms with Gasteiger partial charge in [0.05, 0.1) is 17.4 Å². The van der Waals surface area contributed by atoms with Crippen LogP contribution in [0.5, 0.6) is 0 Å². The van der Waals surface area contributed by atoms with Crippen LogP contribution in [0.25, 0.3) is 0 Å². The SMILES string of the molecule is C[C@@H](Cn1cncn1)C(=O)NC1CCN(S(=O)(=O)c2ccccc2)CC1. The number of amides is 1. The predicted molar refractivity (Wildman–Crippen MR) is 95.6 cm³/mol. The first-order valence-electron chi connectivity index (χ1n) is 8.65. The Morgan fingerprint density at radius 1 is 1.27 bits per heavy atom. The Hall–Kier alpha value is -2.26. The number of carbonyl (C=O) groups excluding carboxylic acids is 1. The molecular weight excluding hydrogens is 354 g/mol. The van der Waals surface area contributed by atoms with E-state index in [-0.39, 0.29) is 17.9 Å². The van der Waals surface area contributed by atoms with Gasteiger partial charge in [-0.1, -0.05) is 25.1 Å². The average molecular weight is 377 g/mol. The number of rotatable bonds is 6. The molecule has 0 spiro atoms. The number of piperidine rings is 1. The summed E-state index contributed by atoms with van der Waals surface area (Å²) in [6, 6.07) is 8.43. The Balaban J connectivity index is 1.51. The Bertz CT molecular complexity index is 815. The number of hydrogen-bond acceptors (Lipinski definition) is 5. The maximum Gasteiger partial charge on any atom is 0.243 e. The Kier molecular flexibility index (Phi) is 5.67. The van der Waals surface area contributed by atoms with Crippen molar-refractivity contribution < 1.29 is 13.2 Å². The smallest absolute Gasteiger partial charge is 0.243 e. The molecule has 1 atom stereocenters. The second-order valence-electron chi connectivity index (χ2n) is 6.52. The third kappa shape index (κ3) is 4.28. The van der Waals surface area contributed by atoms with Crippen LogP contribution in [0.15, 0.2) is 47.9 Å². The van der Waals surface area contributed by atoms with Gasteiger partial charge in [-0.25, -0.2) is 13.4 Å². The molecule has 0 aliphatic carbocycles. The van der Waals surface area contributed by atoms with Gasteiger partial charge in [0, 0.05) is 19.1 Å². The van der Waals surface area contributed by atoms with Crippen molar-refractivity contribution in [2.45, 2.75) is 37.2 Å². The minimum atomic E-state index is -3.46. The van der Waals surface area contributed by atoms with Gasteiger partial charge in [0.15, 0.2) is 0 Å². The third-order valence-electron chi connectivity index (χ3n) is 4.56. The molecule has 1 N–H and O–H groups in total. The van der Waals surface area contributed by atoms with E-state index in [2.05, 4.69) is 15.4 Å². The predicted octanol–water partition coefficient (Wildman–Crippen LogP) is 0.884. The third-order valence-corrected chi connectivity index (χ3v) is 6.47. The number of nitrogens with one attached hydrogen (secondary N) is 1. The van der Waals surface area contributed by atoms with E-state index in [0.717, 1.165) is 0 Å². The normalized spacial score (nSPS) is 17.7. The summed E-state index contributed by atoms with van der Waals surface area (Å²) in [5.74, 6) is -0.285. The fraction of sp³-hybridized carbons (Fsp3) is 0.471. The standard InChI is InChI=1S/C17H23N5O3S/c1-14(11-21-13-18-12-19-21)17(23)20-15-7-9-22(10-8-15)26(24,25)16-5-3-2-4-6-16/h2-6,12-15H,7-11H2,1H3,(H,20,23)/t14-/m0/s1. The minimum Gasteiger partial charge on any atom is -0.353 e. The highest BCUT2D eigenvalue weighted by Crippen LogP contribution is 2.20. The summed E-state index contributed by atoms with van der Waals surface area (Å²) in [6.45, 7) is 3.11. The van der Waals surface area contributed by atoms with Gasteiger partial charge in [0.1, 0.15) is 12.7 Å².